The fraction of sp³-hybridized carbons (Fsp3) is 1.00. The van der Waals surface area contributed by atoms with Gasteiger partial charge in [-0.15, -0.1) is 0 Å². The Kier molecular flexibility index (Phi) is 13.6. The highest BCUT2D eigenvalue weighted by Crippen LogP contribution is 2.13. The topological polar surface area (TPSA) is 3.24 Å². The van der Waals surface area contributed by atoms with Crippen LogP contribution < -0.4 is 0 Å². The Balaban J connectivity index is 3.45. The lowest BCUT2D eigenvalue weighted by Crippen LogP contribution is -2.19. The Bertz CT molecular complexity index is 116. The van der Waals surface area contributed by atoms with Gasteiger partial charge in [0.25, 0.3) is 0 Å². The molecule has 0 rings (SSSR count). The first-order valence-corrected chi connectivity index (χ1v) is 8.17. The van der Waals surface area contributed by atoms with E-state index in [1.807, 2.05) is 11.9 Å². The summed E-state index contributed by atoms with van der Waals surface area (Å²) in [6, 6.07) is 0. The SMILES string of the molecule is CCCCCCN(CCCCCC)SCC. The van der Waals surface area contributed by atoms with Gasteiger partial charge in [0.15, 0.2) is 0 Å². The van der Waals surface area contributed by atoms with Crippen molar-refractivity contribution in [1.82, 2.24) is 4.31 Å². The number of hydrogen-bond donors (Lipinski definition) is 0. The van der Waals surface area contributed by atoms with Gasteiger partial charge in [0.1, 0.15) is 0 Å². The van der Waals surface area contributed by atoms with E-state index in [-0.39, 0.29) is 0 Å². The van der Waals surface area contributed by atoms with Gasteiger partial charge in [0.05, 0.1) is 0 Å². The van der Waals surface area contributed by atoms with Crippen molar-refractivity contribution in [1.29, 1.82) is 0 Å². The molecular weight excluding hydrogens is 214 g/mol. The minimum atomic E-state index is 1.22. The van der Waals surface area contributed by atoms with E-state index in [4.69, 9.17) is 0 Å². The van der Waals surface area contributed by atoms with E-state index in [1.54, 1.807) is 0 Å². The highest BCUT2D eigenvalue weighted by atomic mass is 32.2. The molecule has 0 aliphatic heterocycles. The van der Waals surface area contributed by atoms with Crippen molar-refractivity contribution in [2.75, 3.05) is 18.8 Å². The largest absolute Gasteiger partial charge is 0.251 e. The molecule has 0 bridgehead atoms. The molecule has 0 saturated carbocycles. The molecule has 98 valence electrons. The first kappa shape index (κ1) is 16.3. The molecule has 2 heteroatoms. The Hall–Kier alpha value is 0.310. The Labute approximate surface area is 108 Å². The van der Waals surface area contributed by atoms with Gasteiger partial charge in [-0.3, -0.25) is 4.31 Å². The van der Waals surface area contributed by atoms with E-state index in [0.717, 1.165) is 0 Å². The van der Waals surface area contributed by atoms with Gasteiger partial charge in [0, 0.05) is 18.8 Å². The molecule has 0 aromatic rings. The molecule has 0 heterocycles. The molecule has 0 aliphatic carbocycles. The van der Waals surface area contributed by atoms with Crippen molar-refractivity contribution < 1.29 is 0 Å². The summed E-state index contributed by atoms with van der Waals surface area (Å²) >= 11 is 2.03. The maximum absolute atomic E-state index is 2.59. The molecular formula is C14H31NS. The zero-order chi connectivity index (χ0) is 12.1. The van der Waals surface area contributed by atoms with Crippen molar-refractivity contribution in [2.45, 2.75) is 72.1 Å². The van der Waals surface area contributed by atoms with E-state index in [9.17, 15) is 0 Å². The summed E-state index contributed by atoms with van der Waals surface area (Å²) in [6.07, 6.45) is 11.1. The van der Waals surface area contributed by atoms with Crippen LogP contribution in [0.4, 0.5) is 0 Å². The van der Waals surface area contributed by atoms with Crippen molar-refractivity contribution >= 4 is 11.9 Å². The molecule has 0 amide bonds. The molecule has 0 aromatic heterocycles. The zero-order valence-electron chi connectivity index (χ0n) is 11.6. The van der Waals surface area contributed by atoms with Gasteiger partial charge in [-0.05, 0) is 12.8 Å². The van der Waals surface area contributed by atoms with E-state index < -0.39 is 0 Å². The van der Waals surface area contributed by atoms with Crippen LogP contribution in [0.15, 0.2) is 0 Å². The van der Waals surface area contributed by atoms with Gasteiger partial charge in [0.2, 0.25) is 0 Å². The van der Waals surface area contributed by atoms with Crippen LogP contribution in [0.3, 0.4) is 0 Å². The maximum atomic E-state index is 2.59. The number of nitrogens with zero attached hydrogens (tertiary/aromatic N) is 1. The van der Waals surface area contributed by atoms with Crippen molar-refractivity contribution in [3.63, 3.8) is 0 Å². The van der Waals surface area contributed by atoms with E-state index in [2.05, 4.69) is 25.1 Å². The number of hydrogen-bond acceptors (Lipinski definition) is 2. The average molecular weight is 245 g/mol. The van der Waals surface area contributed by atoms with Gasteiger partial charge in [-0.1, -0.05) is 71.2 Å². The van der Waals surface area contributed by atoms with Gasteiger partial charge >= 0.3 is 0 Å². The molecule has 0 aromatic carbocycles. The summed E-state index contributed by atoms with van der Waals surface area (Å²) in [7, 11) is 0. The smallest absolute Gasteiger partial charge is 0.00893 e. The lowest BCUT2D eigenvalue weighted by Gasteiger charge is -2.20. The Morgan fingerprint density at radius 2 is 1.19 bits per heavy atom. The fourth-order valence-corrected chi connectivity index (χ4v) is 2.73. The quantitative estimate of drug-likeness (QED) is 0.347. The van der Waals surface area contributed by atoms with Gasteiger partial charge in [-0.2, -0.15) is 0 Å². The molecule has 16 heavy (non-hydrogen) atoms. The summed E-state index contributed by atoms with van der Waals surface area (Å²) in [5.74, 6) is 1.22. The van der Waals surface area contributed by atoms with E-state index >= 15 is 0 Å². The third kappa shape index (κ3) is 10.8. The van der Waals surface area contributed by atoms with Crippen LogP contribution in [-0.2, 0) is 0 Å². The summed E-state index contributed by atoms with van der Waals surface area (Å²) in [5, 5.41) is 0. The molecule has 0 spiro atoms. The second-order valence-corrected chi connectivity index (χ2v) is 5.82. The second-order valence-electron chi connectivity index (χ2n) is 4.47. The van der Waals surface area contributed by atoms with Crippen molar-refractivity contribution in [2.24, 2.45) is 0 Å². The Morgan fingerprint density at radius 3 is 1.56 bits per heavy atom. The average Bonchev–Trinajstić information content (AvgIpc) is 2.30. The van der Waals surface area contributed by atoms with Gasteiger partial charge in [-0.25, -0.2) is 0 Å². The molecule has 0 radical (unpaired) electrons. The normalized spacial score (nSPS) is 11.2. The Morgan fingerprint density at radius 1 is 0.688 bits per heavy atom. The van der Waals surface area contributed by atoms with E-state index in [0.29, 0.717) is 0 Å². The van der Waals surface area contributed by atoms with Crippen LogP contribution in [0.5, 0.6) is 0 Å². The monoisotopic (exact) mass is 245 g/mol. The first-order chi connectivity index (χ1) is 7.85. The van der Waals surface area contributed by atoms with Crippen LogP contribution in [0.25, 0.3) is 0 Å². The van der Waals surface area contributed by atoms with Crippen LogP contribution >= 0.6 is 11.9 Å². The van der Waals surface area contributed by atoms with Crippen molar-refractivity contribution in [3.05, 3.63) is 0 Å². The zero-order valence-corrected chi connectivity index (χ0v) is 12.5. The molecule has 1 nitrogen and oxygen atoms in total. The predicted molar refractivity (Wildman–Crippen MR) is 78.0 cm³/mol. The lowest BCUT2D eigenvalue weighted by molar-refractivity contribution is 0.428. The maximum Gasteiger partial charge on any atom is 0.00893 e. The minimum absolute atomic E-state index is 1.22. The summed E-state index contributed by atoms with van der Waals surface area (Å²) in [5.41, 5.74) is 0. The molecule has 0 N–H and O–H groups in total. The van der Waals surface area contributed by atoms with Crippen LogP contribution in [0, 0.1) is 0 Å². The van der Waals surface area contributed by atoms with Gasteiger partial charge < -0.3 is 0 Å². The highest BCUT2D eigenvalue weighted by molar-refractivity contribution is 7.96. The third-order valence-electron chi connectivity index (χ3n) is 2.83. The number of rotatable bonds is 12. The second kappa shape index (κ2) is 13.4. The van der Waals surface area contributed by atoms with Crippen molar-refractivity contribution in [3.8, 4) is 0 Å². The van der Waals surface area contributed by atoms with Crippen LogP contribution in [0.2, 0.25) is 0 Å². The molecule has 0 saturated heterocycles. The third-order valence-corrected chi connectivity index (χ3v) is 3.82. The molecule has 0 fully saturated rings. The summed E-state index contributed by atoms with van der Waals surface area (Å²) in [4.78, 5) is 0. The first-order valence-electron chi connectivity index (χ1n) is 7.23. The molecule has 0 atom stereocenters. The van der Waals surface area contributed by atoms with E-state index in [1.165, 1.54) is 70.2 Å². The summed E-state index contributed by atoms with van der Waals surface area (Å²) < 4.78 is 2.59. The molecule has 0 aliphatic rings. The highest BCUT2D eigenvalue weighted by Gasteiger charge is 2.03. The predicted octanol–water partition coefficient (Wildman–Crippen LogP) is 5.12. The van der Waals surface area contributed by atoms with Crippen LogP contribution in [-0.4, -0.2) is 23.1 Å². The fourth-order valence-electron chi connectivity index (χ4n) is 1.85. The molecule has 0 unspecified atom stereocenters. The summed E-state index contributed by atoms with van der Waals surface area (Å²) in [6.45, 7) is 9.41. The van der Waals surface area contributed by atoms with Crippen LogP contribution in [0.1, 0.15) is 72.1 Å². The lowest BCUT2D eigenvalue weighted by atomic mass is 10.2. The standard InChI is InChI=1S/C14H31NS/c1-4-7-9-11-13-15(16-6-3)14-12-10-8-5-2/h4-14H2,1-3H3. The minimum Gasteiger partial charge on any atom is -0.251 e. The number of unbranched alkanes of at least 4 members (excludes halogenated alkanes) is 6.